The molecule has 0 aromatic carbocycles. The van der Waals surface area contributed by atoms with Crippen molar-refractivity contribution >= 4 is 10.0 Å². The third-order valence-electron chi connectivity index (χ3n) is 4.76. The molecular weight excluding hydrogens is 274 g/mol. The van der Waals surface area contributed by atoms with E-state index in [1.165, 1.54) is 25.5 Å². The smallest absolute Gasteiger partial charge is 0.211 e. The Bertz CT molecular complexity index is 405. The van der Waals surface area contributed by atoms with Gasteiger partial charge in [-0.25, -0.2) is 8.42 Å². The molecular formula is C14H29N3O2S. The summed E-state index contributed by atoms with van der Waals surface area (Å²) >= 11 is 0. The van der Waals surface area contributed by atoms with E-state index in [4.69, 9.17) is 0 Å². The first-order chi connectivity index (χ1) is 9.41. The molecule has 2 rings (SSSR count). The Hall–Kier alpha value is -0.170. The number of sulfonamides is 1. The van der Waals surface area contributed by atoms with Gasteiger partial charge in [-0.05, 0) is 31.7 Å². The molecule has 6 heteroatoms. The third-order valence-corrected chi connectivity index (χ3v) is 6.06. The van der Waals surface area contributed by atoms with E-state index in [-0.39, 0.29) is 0 Å². The summed E-state index contributed by atoms with van der Waals surface area (Å²) in [5, 5.41) is 3.62. The average Bonchev–Trinajstić information content (AvgIpc) is 2.40. The molecule has 1 heterocycles. The second-order valence-electron chi connectivity index (χ2n) is 6.35. The number of nitrogens with zero attached hydrogens (tertiary/aromatic N) is 2. The van der Waals surface area contributed by atoms with Crippen LogP contribution in [0.25, 0.3) is 0 Å². The van der Waals surface area contributed by atoms with Crippen LogP contribution in [0.4, 0.5) is 0 Å². The molecule has 2 aliphatic rings. The minimum absolute atomic E-state index is 0.570. The molecule has 3 atom stereocenters. The first-order valence-corrected chi connectivity index (χ1v) is 9.69. The predicted molar refractivity (Wildman–Crippen MR) is 82.3 cm³/mol. The summed E-state index contributed by atoms with van der Waals surface area (Å²) in [6.07, 6.45) is 5.09. The molecule has 1 N–H and O–H groups in total. The van der Waals surface area contributed by atoms with Crippen molar-refractivity contribution in [2.24, 2.45) is 5.92 Å². The number of likely N-dealkylation sites (N-methyl/N-ethyl adjacent to an activating group) is 1. The van der Waals surface area contributed by atoms with Gasteiger partial charge in [0.2, 0.25) is 10.0 Å². The number of rotatable bonds is 4. The van der Waals surface area contributed by atoms with Crippen LogP contribution in [0.1, 0.15) is 33.1 Å². The highest BCUT2D eigenvalue weighted by molar-refractivity contribution is 7.88. The molecule has 0 spiro atoms. The first-order valence-electron chi connectivity index (χ1n) is 7.84. The van der Waals surface area contributed by atoms with Crippen molar-refractivity contribution in [3.05, 3.63) is 0 Å². The van der Waals surface area contributed by atoms with E-state index in [1.807, 2.05) is 0 Å². The zero-order valence-electron chi connectivity index (χ0n) is 13.0. The molecule has 118 valence electrons. The SMILES string of the molecule is CCNC1CCC(C)CC1N1CCN(S(C)(=O)=O)CC1. The lowest BCUT2D eigenvalue weighted by Gasteiger charge is -2.45. The molecule has 2 fully saturated rings. The topological polar surface area (TPSA) is 52.6 Å². The maximum atomic E-state index is 11.6. The molecule has 3 unspecified atom stereocenters. The lowest BCUT2D eigenvalue weighted by atomic mass is 9.82. The Morgan fingerprint density at radius 1 is 1.15 bits per heavy atom. The van der Waals surface area contributed by atoms with E-state index in [1.54, 1.807) is 4.31 Å². The van der Waals surface area contributed by atoms with Gasteiger partial charge >= 0.3 is 0 Å². The maximum Gasteiger partial charge on any atom is 0.211 e. The van der Waals surface area contributed by atoms with Gasteiger partial charge in [-0.3, -0.25) is 4.90 Å². The van der Waals surface area contributed by atoms with Gasteiger partial charge in [-0.2, -0.15) is 4.31 Å². The van der Waals surface area contributed by atoms with Gasteiger partial charge in [0.25, 0.3) is 0 Å². The van der Waals surface area contributed by atoms with Crippen molar-refractivity contribution in [3.8, 4) is 0 Å². The van der Waals surface area contributed by atoms with E-state index in [9.17, 15) is 8.42 Å². The van der Waals surface area contributed by atoms with Crippen LogP contribution in [-0.4, -0.2) is 68.7 Å². The molecule has 0 amide bonds. The van der Waals surface area contributed by atoms with Gasteiger partial charge in [0.1, 0.15) is 0 Å². The van der Waals surface area contributed by atoms with Gasteiger partial charge in [-0.1, -0.05) is 13.8 Å². The monoisotopic (exact) mass is 303 g/mol. The van der Waals surface area contributed by atoms with E-state index >= 15 is 0 Å². The van der Waals surface area contributed by atoms with Crippen LogP contribution in [0, 0.1) is 5.92 Å². The van der Waals surface area contributed by atoms with Crippen LogP contribution in [0.5, 0.6) is 0 Å². The van der Waals surface area contributed by atoms with E-state index in [0.29, 0.717) is 25.2 Å². The minimum atomic E-state index is -3.02. The highest BCUT2D eigenvalue weighted by Gasteiger charge is 2.35. The number of piperazine rings is 1. The quantitative estimate of drug-likeness (QED) is 0.832. The normalized spacial score (nSPS) is 34.2. The summed E-state index contributed by atoms with van der Waals surface area (Å²) in [4.78, 5) is 2.50. The zero-order chi connectivity index (χ0) is 14.8. The first kappa shape index (κ1) is 16.2. The van der Waals surface area contributed by atoms with Crippen molar-refractivity contribution in [3.63, 3.8) is 0 Å². The number of hydrogen-bond acceptors (Lipinski definition) is 4. The fourth-order valence-electron chi connectivity index (χ4n) is 3.62. The molecule has 1 aliphatic heterocycles. The summed E-state index contributed by atoms with van der Waals surface area (Å²) in [6, 6.07) is 1.14. The Morgan fingerprint density at radius 2 is 1.80 bits per heavy atom. The van der Waals surface area contributed by atoms with Crippen molar-refractivity contribution in [1.82, 2.24) is 14.5 Å². The summed E-state index contributed by atoms with van der Waals surface area (Å²) < 4.78 is 24.8. The molecule has 1 saturated heterocycles. The van der Waals surface area contributed by atoms with Crippen molar-refractivity contribution in [2.45, 2.75) is 45.2 Å². The summed E-state index contributed by atoms with van der Waals surface area (Å²) in [5.41, 5.74) is 0. The Morgan fingerprint density at radius 3 is 2.35 bits per heavy atom. The molecule has 1 aliphatic carbocycles. The highest BCUT2D eigenvalue weighted by Crippen LogP contribution is 2.28. The summed E-state index contributed by atoms with van der Waals surface area (Å²) in [5.74, 6) is 0.780. The molecule has 20 heavy (non-hydrogen) atoms. The fraction of sp³-hybridized carbons (Fsp3) is 1.00. The van der Waals surface area contributed by atoms with Crippen LogP contribution >= 0.6 is 0 Å². The largest absolute Gasteiger partial charge is 0.313 e. The van der Waals surface area contributed by atoms with Gasteiger partial charge in [0.15, 0.2) is 0 Å². The maximum absolute atomic E-state index is 11.6. The third kappa shape index (κ3) is 3.93. The van der Waals surface area contributed by atoms with Crippen LogP contribution in [-0.2, 0) is 10.0 Å². The van der Waals surface area contributed by atoms with Gasteiger partial charge in [-0.15, -0.1) is 0 Å². The predicted octanol–water partition coefficient (Wildman–Crippen LogP) is 0.730. The van der Waals surface area contributed by atoms with E-state index < -0.39 is 10.0 Å². The Kier molecular flexibility index (Phi) is 5.45. The summed E-state index contributed by atoms with van der Waals surface area (Å²) in [7, 11) is -3.02. The minimum Gasteiger partial charge on any atom is -0.313 e. The van der Waals surface area contributed by atoms with Crippen LogP contribution in [0.2, 0.25) is 0 Å². The molecule has 1 saturated carbocycles. The van der Waals surface area contributed by atoms with E-state index in [0.717, 1.165) is 25.6 Å². The molecule has 0 bridgehead atoms. The van der Waals surface area contributed by atoms with Gasteiger partial charge in [0.05, 0.1) is 6.26 Å². The van der Waals surface area contributed by atoms with Crippen LogP contribution in [0.3, 0.4) is 0 Å². The second kappa shape index (κ2) is 6.73. The van der Waals surface area contributed by atoms with Gasteiger partial charge < -0.3 is 5.32 Å². The Balaban J connectivity index is 1.96. The van der Waals surface area contributed by atoms with Crippen molar-refractivity contribution < 1.29 is 8.42 Å². The number of nitrogens with one attached hydrogen (secondary N) is 1. The number of hydrogen-bond donors (Lipinski definition) is 1. The second-order valence-corrected chi connectivity index (χ2v) is 8.33. The zero-order valence-corrected chi connectivity index (χ0v) is 13.8. The van der Waals surface area contributed by atoms with E-state index in [2.05, 4.69) is 24.1 Å². The molecule has 0 aromatic heterocycles. The molecule has 0 aromatic rings. The standard InChI is InChI=1S/C14H29N3O2S/c1-4-15-13-6-5-12(2)11-14(13)16-7-9-17(10-8-16)20(3,18)19/h12-15H,4-11H2,1-3H3. The molecule has 0 radical (unpaired) electrons. The summed E-state index contributed by atoms with van der Waals surface area (Å²) in [6.45, 7) is 8.53. The average molecular weight is 303 g/mol. The highest BCUT2D eigenvalue weighted by atomic mass is 32.2. The van der Waals surface area contributed by atoms with Crippen molar-refractivity contribution in [1.29, 1.82) is 0 Å². The van der Waals surface area contributed by atoms with Crippen LogP contribution in [0.15, 0.2) is 0 Å². The molecule has 5 nitrogen and oxygen atoms in total. The van der Waals surface area contributed by atoms with Crippen molar-refractivity contribution in [2.75, 3.05) is 39.0 Å². The lowest BCUT2D eigenvalue weighted by molar-refractivity contribution is 0.0724. The lowest BCUT2D eigenvalue weighted by Crippen LogP contribution is -2.58. The fourth-order valence-corrected chi connectivity index (χ4v) is 4.45. The van der Waals surface area contributed by atoms with Crippen LogP contribution < -0.4 is 5.32 Å². The Labute approximate surface area is 123 Å². The van der Waals surface area contributed by atoms with Gasteiger partial charge in [0, 0.05) is 38.3 Å².